The molecule has 2 saturated heterocycles. The van der Waals surface area contributed by atoms with Gasteiger partial charge in [0.2, 0.25) is 5.91 Å². The number of nitrogens with one attached hydrogen (secondary N) is 2. The molecule has 3 aromatic rings. The molecular weight excluding hydrogens is 510 g/mol. The Labute approximate surface area is 244 Å². The van der Waals surface area contributed by atoms with Gasteiger partial charge in [-0.3, -0.25) is 14.5 Å². The van der Waals surface area contributed by atoms with E-state index in [9.17, 15) is 9.59 Å². The van der Waals surface area contributed by atoms with Gasteiger partial charge in [0, 0.05) is 48.3 Å². The van der Waals surface area contributed by atoms with Gasteiger partial charge in [-0.1, -0.05) is 56.7 Å². The van der Waals surface area contributed by atoms with E-state index in [0.29, 0.717) is 18.2 Å². The normalized spacial score (nSPS) is 19.6. The quantitative estimate of drug-likeness (QED) is 0.337. The number of rotatable bonds is 10. The number of likely N-dealkylation sites (tertiary alicyclic amines) is 2. The molecule has 4 N–H and O–H groups in total. The monoisotopic (exact) mass is 557 g/mol. The molecule has 1 amide bonds. The molecule has 7 nitrogen and oxygen atoms in total. The van der Waals surface area contributed by atoms with Gasteiger partial charge in [0.15, 0.2) is 5.78 Å². The Bertz CT molecular complexity index is 1350. The molecule has 3 heterocycles. The Hall–Kier alpha value is -3.00. The van der Waals surface area contributed by atoms with Crippen LogP contribution in [0.15, 0.2) is 48.7 Å². The fraction of sp³-hybridized carbons (Fsp3) is 0.529. The van der Waals surface area contributed by atoms with Crippen molar-refractivity contribution in [2.24, 2.45) is 5.73 Å². The number of amides is 1. The van der Waals surface area contributed by atoms with E-state index in [0.717, 1.165) is 68.3 Å². The highest BCUT2D eigenvalue weighted by molar-refractivity contribution is 6.00. The number of fused-ring (bicyclic) bond motifs is 1. The van der Waals surface area contributed by atoms with Crippen molar-refractivity contribution in [3.05, 3.63) is 70.9 Å². The molecule has 2 atom stereocenters. The second-order valence-electron chi connectivity index (χ2n) is 12.0. The predicted molar refractivity (Wildman–Crippen MR) is 166 cm³/mol. The first-order chi connectivity index (χ1) is 19.9. The van der Waals surface area contributed by atoms with Gasteiger partial charge >= 0.3 is 0 Å². The van der Waals surface area contributed by atoms with E-state index in [2.05, 4.69) is 52.1 Å². The Balaban J connectivity index is 1.44. The first-order valence-corrected chi connectivity index (χ1v) is 15.6. The number of aromatic amines is 1. The van der Waals surface area contributed by atoms with Gasteiger partial charge < -0.3 is 20.9 Å². The summed E-state index contributed by atoms with van der Waals surface area (Å²) < 4.78 is 0. The number of carbonyl (C=O) groups is 2. The molecule has 5 rings (SSSR count). The van der Waals surface area contributed by atoms with Crippen LogP contribution in [0.2, 0.25) is 0 Å². The fourth-order valence-electron chi connectivity index (χ4n) is 7.15. The number of para-hydroxylation sites is 1. The van der Waals surface area contributed by atoms with E-state index in [1.807, 2.05) is 30.5 Å². The SMILES string of the molecule is CCc1ccc(CNC(=O)C(N2CCC(N3CCCCC3)CC2)C(N)(C(C)=O)c2c[nH]c3ccccc23)cc1CC. The van der Waals surface area contributed by atoms with Crippen LogP contribution in [0.4, 0.5) is 0 Å². The maximum atomic E-state index is 14.3. The third kappa shape index (κ3) is 5.99. The Kier molecular flexibility index (Phi) is 9.27. The second-order valence-corrected chi connectivity index (χ2v) is 12.0. The summed E-state index contributed by atoms with van der Waals surface area (Å²) in [7, 11) is 0. The third-order valence-corrected chi connectivity index (χ3v) is 9.57. The zero-order chi connectivity index (χ0) is 29.0. The maximum Gasteiger partial charge on any atom is 0.240 e. The van der Waals surface area contributed by atoms with Gasteiger partial charge in [0.25, 0.3) is 0 Å². The highest BCUT2D eigenvalue weighted by Gasteiger charge is 2.50. The van der Waals surface area contributed by atoms with Crippen LogP contribution in [0, 0.1) is 0 Å². The fourth-order valence-corrected chi connectivity index (χ4v) is 7.15. The van der Waals surface area contributed by atoms with Crippen molar-refractivity contribution in [3.8, 4) is 0 Å². The van der Waals surface area contributed by atoms with Crippen molar-refractivity contribution in [2.45, 2.75) is 89.9 Å². The lowest BCUT2D eigenvalue weighted by molar-refractivity contribution is -0.137. The van der Waals surface area contributed by atoms with Crippen LogP contribution >= 0.6 is 0 Å². The van der Waals surface area contributed by atoms with Crippen molar-refractivity contribution in [3.63, 3.8) is 0 Å². The average Bonchev–Trinajstić information content (AvgIpc) is 3.45. The summed E-state index contributed by atoms with van der Waals surface area (Å²) in [6.07, 6.45) is 9.57. The molecule has 7 heteroatoms. The maximum absolute atomic E-state index is 14.3. The van der Waals surface area contributed by atoms with Gasteiger partial charge in [-0.25, -0.2) is 0 Å². The van der Waals surface area contributed by atoms with Crippen molar-refractivity contribution >= 4 is 22.6 Å². The van der Waals surface area contributed by atoms with Crippen LogP contribution in [-0.2, 0) is 34.5 Å². The van der Waals surface area contributed by atoms with Crippen LogP contribution in [0.5, 0.6) is 0 Å². The molecule has 2 fully saturated rings. The lowest BCUT2D eigenvalue weighted by atomic mass is 9.78. The summed E-state index contributed by atoms with van der Waals surface area (Å²) in [6.45, 7) is 10.1. The number of ketones is 1. The number of carbonyl (C=O) groups excluding carboxylic acids is 2. The molecule has 1 aromatic heterocycles. The third-order valence-electron chi connectivity index (χ3n) is 9.57. The Morgan fingerprint density at radius 2 is 1.71 bits per heavy atom. The predicted octanol–water partition coefficient (Wildman–Crippen LogP) is 4.67. The van der Waals surface area contributed by atoms with Crippen molar-refractivity contribution in [1.29, 1.82) is 0 Å². The van der Waals surface area contributed by atoms with Crippen molar-refractivity contribution in [1.82, 2.24) is 20.1 Å². The first-order valence-electron chi connectivity index (χ1n) is 15.6. The zero-order valence-corrected chi connectivity index (χ0v) is 25.0. The van der Waals surface area contributed by atoms with E-state index >= 15 is 0 Å². The van der Waals surface area contributed by atoms with Gasteiger partial charge in [-0.05, 0) is 81.3 Å². The van der Waals surface area contributed by atoms with Gasteiger partial charge in [0.05, 0.1) is 0 Å². The highest BCUT2D eigenvalue weighted by atomic mass is 16.2. The molecule has 2 aliphatic heterocycles. The minimum Gasteiger partial charge on any atom is -0.361 e. The summed E-state index contributed by atoms with van der Waals surface area (Å²) in [5.41, 5.74) is 11.0. The van der Waals surface area contributed by atoms with E-state index in [1.54, 1.807) is 0 Å². The van der Waals surface area contributed by atoms with E-state index in [4.69, 9.17) is 5.73 Å². The number of aryl methyl sites for hydroxylation is 2. The number of aromatic nitrogens is 1. The summed E-state index contributed by atoms with van der Waals surface area (Å²) >= 11 is 0. The number of nitrogens with two attached hydrogens (primary N) is 1. The summed E-state index contributed by atoms with van der Waals surface area (Å²) in [6, 6.07) is 14.0. The summed E-state index contributed by atoms with van der Waals surface area (Å²) in [4.78, 5) is 35.9. The molecular formula is C34H47N5O2. The molecule has 0 saturated carbocycles. The summed E-state index contributed by atoms with van der Waals surface area (Å²) in [5, 5.41) is 4.08. The number of hydrogen-bond acceptors (Lipinski definition) is 5. The largest absolute Gasteiger partial charge is 0.361 e. The second kappa shape index (κ2) is 12.9. The lowest BCUT2D eigenvalue weighted by Crippen LogP contribution is -2.67. The van der Waals surface area contributed by atoms with Crippen LogP contribution < -0.4 is 11.1 Å². The Morgan fingerprint density at radius 3 is 2.39 bits per heavy atom. The topological polar surface area (TPSA) is 94.5 Å². The number of nitrogens with zero attached hydrogens (tertiary/aromatic N) is 2. The van der Waals surface area contributed by atoms with Gasteiger partial charge in [-0.2, -0.15) is 0 Å². The Morgan fingerprint density at radius 1 is 1.00 bits per heavy atom. The standard InChI is InChI=1S/C34H47N5O2/c1-4-26-14-13-25(21-27(26)5-2)22-37-33(41)32(39-19-15-28(16-20-39)38-17-9-6-10-18-38)34(35,24(3)40)30-23-36-31-12-8-7-11-29(30)31/h7-8,11-14,21,23,28,32,36H,4-6,9-10,15-20,22,35H2,1-3H3,(H,37,41). The zero-order valence-electron chi connectivity index (χ0n) is 25.0. The van der Waals surface area contributed by atoms with Gasteiger partial charge in [0.1, 0.15) is 11.6 Å². The molecule has 0 spiro atoms. The van der Waals surface area contributed by atoms with Crippen LogP contribution in [0.1, 0.15) is 75.1 Å². The molecule has 0 bridgehead atoms. The molecule has 2 aliphatic rings. The number of hydrogen-bond donors (Lipinski definition) is 3. The lowest BCUT2D eigenvalue weighted by Gasteiger charge is -2.46. The first kappa shape index (κ1) is 29.5. The van der Waals surface area contributed by atoms with E-state index in [1.165, 1.54) is 37.3 Å². The average molecular weight is 558 g/mol. The smallest absolute Gasteiger partial charge is 0.240 e. The van der Waals surface area contributed by atoms with Crippen LogP contribution in [0.3, 0.4) is 0 Å². The molecule has 2 unspecified atom stereocenters. The number of piperidine rings is 2. The van der Waals surface area contributed by atoms with Crippen LogP contribution in [-0.4, -0.2) is 64.7 Å². The minimum absolute atomic E-state index is 0.193. The molecule has 0 radical (unpaired) electrons. The van der Waals surface area contributed by atoms with E-state index in [-0.39, 0.29) is 11.7 Å². The minimum atomic E-state index is -1.50. The molecule has 0 aliphatic carbocycles. The van der Waals surface area contributed by atoms with E-state index < -0.39 is 11.6 Å². The number of H-pyrrole nitrogens is 1. The molecule has 2 aromatic carbocycles. The van der Waals surface area contributed by atoms with Crippen molar-refractivity contribution in [2.75, 3.05) is 26.2 Å². The van der Waals surface area contributed by atoms with Crippen LogP contribution in [0.25, 0.3) is 10.9 Å². The number of Topliss-reactive ketones (excluding diaryl/α,β-unsaturated/α-hetero) is 1. The highest BCUT2D eigenvalue weighted by Crippen LogP contribution is 2.35. The molecule has 220 valence electrons. The summed E-state index contributed by atoms with van der Waals surface area (Å²) in [5.74, 6) is -0.400. The number of benzene rings is 2. The van der Waals surface area contributed by atoms with Gasteiger partial charge in [-0.15, -0.1) is 0 Å². The molecule has 41 heavy (non-hydrogen) atoms. The van der Waals surface area contributed by atoms with Crippen molar-refractivity contribution < 1.29 is 9.59 Å².